The highest BCUT2D eigenvalue weighted by atomic mass is 16.5. The first-order valence-electron chi connectivity index (χ1n) is 15.5. The molecule has 3 aromatic rings. The van der Waals surface area contributed by atoms with E-state index in [9.17, 15) is 29.5 Å². The van der Waals surface area contributed by atoms with Crippen LogP contribution < -0.4 is 9.47 Å². The number of ketones is 2. The Bertz CT molecular complexity index is 1870. The van der Waals surface area contributed by atoms with Crippen molar-refractivity contribution < 1.29 is 39.0 Å². The summed E-state index contributed by atoms with van der Waals surface area (Å²) in [7, 11) is 2.86. The number of aromatic hydroxyl groups is 1. The van der Waals surface area contributed by atoms with Gasteiger partial charge in [-0.25, -0.2) is 0 Å². The van der Waals surface area contributed by atoms with Crippen molar-refractivity contribution in [1.82, 2.24) is 5.06 Å². The lowest BCUT2D eigenvalue weighted by atomic mass is 9.45. The van der Waals surface area contributed by atoms with Gasteiger partial charge in [0.15, 0.2) is 23.1 Å². The van der Waals surface area contributed by atoms with Gasteiger partial charge in [0.1, 0.15) is 0 Å². The Morgan fingerprint density at radius 2 is 1.51 bits per heavy atom. The summed E-state index contributed by atoms with van der Waals surface area (Å²) in [6.45, 7) is 0. The molecule has 1 aliphatic heterocycles. The lowest BCUT2D eigenvalue weighted by Gasteiger charge is -2.54. The van der Waals surface area contributed by atoms with Gasteiger partial charge in [-0.05, 0) is 53.7 Å². The van der Waals surface area contributed by atoms with Crippen molar-refractivity contribution in [3.63, 3.8) is 0 Å². The number of carbonyl (C=O) groups excluding carboxylic acids is 4. The Kier molecular flexibility index (Phi) is 7.44. The van der Waals surface area contributed by atoms with E-state index in [0.717, 1.165) is 5.57 Å². The van der Waals surface area contributed by atoms with Crippen LogP contribution in [0.4, 0.5) is 0 Å². The number of rotatable bonds is 6. The van der Waals surface area contributed by atoms with E-state index in [1.807, 2.05) is 60.7 Å². The largest absolute Gasteiger partial charge is 0.502 e. The molecule has 6 unspecified atom stereocenters. The molecule has 4 aliphatic rings. The summed E-state index contributed by atoms with van der Waals surface area (Å²) in [6.07, 6.45) is 7.40. The molecule has 47 heavy (non-hydrogen) atoms. The number of carbonyl (C=O) groups is 4. The predicted octanol–water partition coefficient (Wildman–Crippen LogP) is 5.17. The molecule has 3 aliphatic carbocycles. The Morgan fingerprint density at radius 1 is 0.872 bits per heavy atom. The van der Waals surface area contributed by atoms with Crippen LogP contribution in [-0.4, -0.2) is 53.0 Å². The second-order valence-corrected chi connectivity index (χ2v) is 12.5. The zero-order valence-electron chi connectivity index (χ0n) is 25.8. The van der Waals surface area contributed by atoms with Gasteiger partial charge in [-0.3, -0.25) is 24.4 Å². The van der Waals surface area contributed by atoms with Crippen molar-refractivity contribution in [1.29, 1.82) is 0 Å². The fourth-order valence-corrected chi connectivity index (χ4v) is 8.32. The van der Waals surface area contributed by atoms with E-state index in [1.165, 1.54) is 20.3 Å². The molecule has 6 atom stereocenters. The summed E-state index contributed by atoms with van der Waals surface area (Å²) < 4.78 is 10.7. The molecule has 0 radical (unpaired) electrons. The van der Waals surface area contributed by atoms with E-state index >= 15 is 0 Å². The number of hydrogen-bond acceptors (Lipinski definition) is 8. The molecule has 238 valence electrons. The average Bonchev–Trinajstić information content (AvgIpc) is 3.32. The Balaban J connectivity index is 1.47. The van der Waals surface area contributed by atoms with Crippen LogP contribution in [0.25, 0.3) is 11.6 Å². The number of amides is 2. The number of Topliss-reactive ketones (excluding diaryl/α,β-unsaturated/α-hetero) is 1. The highest BCUT2D eigenvalue weighted by Gasteiger charge is 2.65. The molecule has 9 nitrogen and oxygen atoms in total. The third-order valence-corrected chi connectivity index (χ3v) is 10.4. The quantitative estimate of drug-likeness (QED) is 0.217. The average molecular weight is 632 g/mol. The molecular weight excluding hydrogens is 598 g/mol. The Morgan fingerprint density at radius 3 is 2.15 bits per heavy atom. The first kappa shape index (κ1) is 30.4. The van der Waals surface area contributed by atoms with Crippen LogP contribution in [0.5, 0.6) is 17.2 Å². The molecule has 9 heteroatoms. The molecule has 2 amide bonds. The van der Waals surface area contributed by atoms with Crippen molar-refractivity contribution in [3.8, 4) is 17.2 Å². The number of nitrogens with zero attached hydrogens (tertiary/aromatic N) is 1. The molecular formula is C38H33NO8. The maximum Gasteiger partial charge on any atom is 0.257 e. The molecule has 0 spiro atoms. The number of hydroxylamine groups is 2. The third kappa shape index (κ3) is 4.48. The Labute approximate surface area is 271 Å². The first-order valence-corrected chi connectivity index (χ1v) is 15.5. The number of allylic oxidation sites excluding steroid dienone is 5. The normalized spacial score (nSPS) is 28.4. The van der Waals surface area contributed by atoms with Crippen LogP contribution >= 0.6 is 0 Å². The minimum atomic E-state index is -1.36. The van der Waals surface area contributed by atoms with E-state index in [1.54, 1.807) is 30.3 Å². The first-order chi connectivity index (χ1) is 22.7. The van der Waals surface area contributed by atoms with Crippen LogP contribution in [0.3, 0.4) is 0 Å². The molecule has 0 aromatic heterocycles. The number of imide groups is 1. The second kappa shape index (κ2) is 11.5. The number of ether oxygens (including phenoxy) is 2. The van der Waals surface area contributed by atoms with Crippen molar-refractivity contribution in [2.45, 2.75) is 18.3 Å². The van der Waals surface area contributed by atoms with E-state index in [4.69, 9.17) is 9.47 Å². The minimum absolute atomic E-state index is 0.148. The van der Waals surface area contributed by atoms with Gasteiger partial charge in [0.25, 0.3) is 11.8 Å². The van der Waals surface area contributed by atoms with E-state index in [0.29, 0.717) is 22.3 Å². The lowest BCUT2D eigenvalue weighted by molar-refractivity contribution is -0.173. The van der Waals surface area contributed by atoms with Gasteiger partial charge in [-0.1, -0.05) is 84.5 Å². The van der Waals surface area contributed by atoms with Crippen LogP contribution in [-0.2, 0) is 24.6 Å². The number of benzene rings is 3. The van der Waals surface area contributed by atoms with E-state index < -0.39 is 46.8 Å². The van der Waals surface area contributed by atoms with Crippen molar-refractivity contribution >= 4 is 35.0 Å². The molecule has 7 rings (SSSR count). The number of phenols is 1. The van der Waals surface area contributed by atoms with E-state index in [2.05, 4.69) is 0 Å². The molecule has 1 heterocycles. The van der Waals surface area contributed by atoms with Crippen molar-refractivity contribution in [2.75, 3.05) is 14.2 Å². The third-order valence-electron chi connectivity index (χ3n) is 10.4. The van der Waals surface area contributed by atoms with Gasteiger partial charge < -0.3 is 14.6 Å². The summed E-state index contributed by atoms with van der Waals surface area (Å²) in [5.74, 6) is -5.34. The van der Waals surface area contributed by atoms with Crippen LogP contribution in [0.1, 0.15) is 29.5 Å². The summed E-state index contributed by atoms with van der Waals surface area (Å²) >= 11 is 0. The van der Waals surface area contributed by atoms with Gasteiger partial charge in [0, 0.05) is 17.4 Å². The smallest absolute Gasteiger partial charge is 0.257 e. The zero-order chi connectivity index (χ0) is 33.0. The monoisotopic (exact) mass is 631 g/mol. The van der Waals surface area contributed by atoms with Crippen LogP contribution in [0, 0.1) is 29.6 Å². The van der Waals surface area contributed by atoms with Crippen molar-refractivity contribution in [3.05, 3.63) is 113 Å². The molecule has 0 bridgehead atoms. The number of phenolic OH excluding ortho intramolecular Hbond substituents is 1. The number of fused-ring (bicyclic) bond motifs is 4. The predicted molar refractivity (Wildman–Crippen MR) is 171 cm³/mol. The highest BCUT2D eigenvalue weighted by molar-refractivity contribution is 6.31. The second-order valence-electron chi connectivity index (χ2n) is 12.5. The van der Waals surface area contributed by atoms with Gasteiger partial charge >= 0.3 is 0 Å². The molecule has 3 aromatic carbocycles. The topological polar surface area (TPSA) is 130 Å². The van der Waals surface area contributed by atoms with Gasteiger partial charge in [0.2, 0.25) is 5.75 Å². The van der Waals surface area contributed by atoms with Gasteiger partial charge in [0.05, 0.1) is 31.5 Å². The van der Waals surface area contributed by atoms with Crippen molar-refractivity contribution in [2.24, 2.45) is 29.6 Å². The SMILES string of the molecule is COc1cc(C=CC2C3=CCC4C(=O)N(O)C(=O)C4C3CC3C(=O)C(c4ccccc4)=CC(=O)C23c2ccccc2)cc(OC)c1O. The van der Waals surface area contributed by atoms with Gasteiger partial charge in [-0.2, -0.15) is 5.06 Å². The zero-order valence-corrected chi connectivity index (χ0v) is 25.8. The Hall–Kier alpha value is -5.28. The molecule has 1 saturated heterocycles. The number of hydrogen-bond donors (Lipinski definition) is 2. The maximum absolute atomic E-state index is 14.9. The molecule has 2 fully saturated rings. The molecule has 2 N–H and O–H groups in total. The lowest BCUT2D eigenvalue weighted by Crippen LogP contribution is -2.59. The summed E-state index contributed by atoms with van der Waals surface area (Å²) in [5.41, 5.74) is 1.62. The fraction of sp³-hybridized carbons (Fsp3) is 0.263. The van der Waals surface area contributed by atoms with Gasteiger partial charge in [-0.15, -0.1) is 0 Å². The van der Waals surface area contributed by atoms with Crippen LogP contribution in [0.15, 0.2) is 96.6 Å². The van der Waals surface area contributed by atoms with Crippen LogP contribution in [0.2, 0.25) is 0 Å². The maximum atomic E-state index is 14.9. The summed E-state index contributed by atoms with van der Waals surface area (Å²) in [4.78, 5) is 56.0. The molecule has 1 saturated carbocycles. The number of methoxy groups -OCH3 is 2. The van der Waals surface area contributed by atoms with E-state index in [-0.39, 0.29) is 46.7 Å². The fourth-order valence-electron chi connectivity index (χ4n) is 8.32. The summed E-state index contributed by atoms with van der Waals surface area (Å²) in [6, 6.07) is 21.6. The summed E-state index contributed by atoms with van der Waals surface area (Å²) in [5, 5.41) is 21.1. The highest BCUT2D eigenvalue weighted by Crippen LogP contribution is 2.61. The minimum Gasteiger partial charge on any atom is -0.502 e. The standard InChI is InChI=1S/C38H33NO8/c1-46-30-17-21(18-31(47-2)35(30)42)13-16-28-24-14-15-25-33(37(44)39(45)36(25)43)27(24)19-29-34(41)26(22-9-5-3-6-10-22)20-32(40)38(28,29)23-11-7-4-8-12-23/h3-14,16-18,20,25,27-29,33,42,45H,15,19H2,1-2H3.